The number of nitrogens with one attached hydrogen (secondary N) is 1. The van der Waals surface area contributed by atoms with Crippen LogP contribution >= 0.6 is 0 Å². The number of piperazine rings is 1. The van der Waals surface area contributed by atoms with Crippen LogP contribution in [0.4, 0.5) is 22.4 Å². The zero-order valence-electron chi connectivity index (χ0n) is 21.2. The summed E-state index contributed by atoms with van der Waals surface area (Å²) in [6.07, 6.45) is 1.93. The zero-order valence-corrected chi connectivity index (χ0v) is 21.2. The van der Waals surface area contributed by atoms with Gasteiger partial charge in [-0.1, -0.05) is 37.8 Å². The van der Waals surface area contributed by atoms with Gasteiger partial charge >= 0.3 is 6.09 Å². The normalized spacial score (nSPS) is 18.6. The lowest BCUT2D eigenvalue weighted by Gasteiger charge is -2.39. The molecule has 10 heteroatoms. The third-order valence-electron chi connectivity index (χ3n) is 6.74. The highest BCUT2D eigenvalue weighted by Gasteiger charge is 2.42. The van der Waals surface area contributed by atoms with E-state index in [1.54, 1.807) is 6.07 Å². The monoisotopic (exact) mass is 493 g/mol. The van der Waals surface area contributed by atoms with Gasteiger partial charge in [-0.25, -0.2) is 4.79 Å². The Hall–Kier alpha value is -3.66. The number of cyclic esters (lactones) is 1. The Bertz CT molecular complexity index is 1110. The van der Waals surface area contributed by atoms with E-state index in [1.807, 2.05) is 18.7 Å². The standard InChI is InChI=1S/C26H35N7O3/c1-5-20(31-11-13-32(14-12-31)23(34)6-2)19-9-7-18(8-10-19)16-28-24-29-21(27)15-22(30-24)33-25(35)36-17-26(33,3)4/h6-10,15,20H,2,5,11-14,16-17H2,1,3-4H3,(H3,27,28,29,30). The summed E-state index contributed by atoms with van der Waals surface area (Å²) in [7, 11) is 0. The lowest BCUT2D eigenvalue weighted by molar-refractivity contribution is -0.128. The molecule has 1 aromatic carbocycles. The maximum atomic E-state index is 12.2. The molecule has 3 N–H and O–H groups in total. The molecule has 1 atom stereocenters. The van der Waals surface area contributed by atoms with Crippen LogP contribution < -0.4 is 16.0 Å². The SMILES string of the molecule is C=CC(=O)N1CCN(C(CC)c2ccc(CNc3nc(N)cc(N4C(=O)OCC4(C)C)n3)cc2)CC1. The van der Waals surface area contributed by atoms with E-state index in [2.05, 4.69) is 58.0 Å². The van der Waals surface area contributed by atoms with Gasteiger partial charge in [0, 0.05) is 44.8 Å². The molecule has 2 aliphatic heterocycles. The van der Waals surface area contributed by atoms with Crippen LogP contribution in [0.5, 0.6) is 0 Å². The molecule has 4 rings (SSSR count). The van der Waals surface area contributed by atoms with Crippen LogP contribution in [0.1, 0.15) is 44.4 Å². The maximum absolute atomic E-state index is 12.2. The first-order valence-electron chi connectivity index (χ1n) is 12.3. The number of nitrogens with zero attached hydrogens (tertiary/aromatic N) is 5. The van der Waals surface area contributed by atoms with Crippen LogP contribution in [-0.2, 0) is 16.1 Å². The number of amides is 2. The molecule has 2 saturated heterocycles. The van der Waals surface area contributed by atoms with Gasteiger partial charge in [-0.15, -0.1) is 0 Å². The highest BCUT2D eigenvalue weighted by molar-refractivity contribution is 5.90. The van der Waals surface area contributed by atoms with Crippen molar-refractivity contribution < 1.29 is 14.3 Å². The average molecular weight is 494 g/mol. The van der Waals surface area contributed by atoms with Crippen molar-refractivity contribution in [3.63, 3.8) is 0 Å². The fourth-order valence-corrected chi connectivity index (χ4v) is 4.79. The Morgan fingerprint density at radius 1 is 1.22 bits per heavy atom. The number of carbonyl (C=O) groups excluding carboxylic acids is 2. The van der Waals surface area contributed by atoms with Gasteiger partial charge in [-0.05, 0) is 37.5 Å². The molecule has 1 unspecified atom stereocenters. The number of nitrogen functional groups attached to an aromatic ring is 1. The Morgan fingerprint density at radius 2 is 1.92 bits per heavy atom. The maximum Gasteiger partial charge on any atom is 0.416 e. The third kappa shape index (κ3) is 5.43. The fourth-order valence-electron chi connectivity index (χ4n) is 4.79. The molecule has 3 heterocycles. The van der Waals surface area contributed by atoms with Crippen LogP contribution in [0.2, 0.25) is 0 Å². The summed E-state index contributed by atoms with van der Waals surface area (Å²) in [4.78, 5) is 38.7. The number of nitrogens with two attached hydrogens (primary N) is 1. The number of rotatable bonds is 8. The molecule has 0 saturated carbocycles. The van der Waals surface area contributed by atoms with E-state index < -0.39 is 11.6 Å². The van der Waals surface area contributed by atoms with Gasteiger partial charge in [-0.3, -0.25) is 14.6 Å². The molecule has 2 fully saturated rings. The molecule has 0 aliphatic carbocycles. The lowest BCUT2D eigenvalue weighted by atomic mass is 10.0. The quantitative estimate of drug-likeness (QED) is 0.539. The summed E-state index contributed by atoms with van der Waals surface area (Å²) in [6, 6.07) is 10.4. The topological polar surface area (TPSA) is 117 Å². The molecule has 0 spiro atoms. The van der Waals surface area contributed by atoms with Crippen LogP contribution in [0, 0.1) is 0 Å². The minimum absolute atomic E-state index is 0.0000939. The van der Waals surface area contributed by atoms with E-state index in [1.165, 1.54) is 16.5 Å². The highest BCUT2D eigenvalue weighted by atomic mass is 16.6. The largest absolute Gasteiger partial charge is 0.447 e. The Morgan fingerprint density at radius 3 is 2.50 bits per heavy atom. The van der Waals surface area contributed by atoms with Crippen molar-refractivity contribution in [3.8, 4) is 0 Å². The van der Waals surface area contributed by atoms with Gasteiger partial charge in [0.05, 0.1) is 5.54 Å². The van der Waals surface area contributed by atoms with Gasteiger partial charge < -0.3 is 20.7 Å². The second-order valence-electron chi connectivity index (χ2n) is 9.76. The van der Waals surface area contributed by atoms with Crippen molar-refractivity contribution in [2.24, 2.45) is 0 Å². The van der Waals surface area contributed by atoms with E-state index in [4.69, 9.17) is 10.5 Å². The predicted molar refractivity (Wildman–Crippen MR) is 140 cm³/mol. The zero-order chi connectivity index (χ0) is 25.9. The van der Waals surface area contributed by atoms with Crippen molar-refractivity contribution in [1.29, 1.82) is 0 Å². The summed E-state index contributed by atoms with van der Waals surface area (Å²) in [5, 5.41) is 3.22. The number of benzene rings is 1. The van der Waals surface area contributed by atoms with E-state index in [-0.39, 0.29) is 18.3 Å². The number of hydrogen-bond acceptors (Lipinski definition) is 8. The Kier molecular flexibility index (Phi) is 7.44. The van der Waals surface area contributed by atoms with Crippen molar-refractivity contribution in [2.75, 3.05) is 48.7 Å². The second kappa shape index (κ2) is 10.5. The minimum atomic E-state index is -0.519. The highest BCUT2D eigenvalue weighted by Crippen LogP contribution is 2.30. The molecule has 2 amide bonds. The summed E-state index contributed by atoms with van der Waals surface area (Å²) in [5.41, 5.74) is 7.81. The molecule has 0 radical (unpaired) electrons. The number of carbonyl (C=O) groups is 2. The van der Waals surface area contributed by atoms with E-state index >= 15 is 0 Å². The van der Waals surface area contributed by atoms with Gasteiger partial charge in [-0.2, -0.15) is 9.97 Å². The van der Waals surface area contributed by atoms with Crippen LogP contribution in [0.15, 0.2) is 43.0 Å². The molecule has 0 bridgehead atoms. The van der Waals surface area contributed by atoms with Gasteiger partial charge in [0.15, 0.2) is 0 Å². The number of ether oxygens (including phenoxy) is 1. The summed E-state index contributed by atoms with van der Waals surface area (Å²) in [6.45, 7) is 13.5. The number of aromatic nitrogens is 2. The van der Waals surface area contributed by atoms with Crippen molar-refractivity contribution in [1.82, 2.24) is 19.8 Å². The van der Waals surface area contributed by atoms with Crippen molar-refractivity contribution in [2.45, 2.75) is 45.3 Å². The van der Waals surface area contributed by atoms with Gasteiger partial charge in [0.1, 0.15) is 18.2 Å². The molecule has 1 aromatic heterocycles. The molecule has 192 valence electrons. The van der Waals surface area contributed by atoms with Crippen LogP contribution in [0.3, 0.4) is 0 Å². The molecule has 2 aliphatic rings. The first kappa shape index (κ1) is 25.4. The van der Waals surface area contributed by atoms with E-state index in [0.29, 0.717) is 24.4 Å². The van der Waals surface area contributed by atoms with E-state index in [9.17, 15) is 9.59 Å². The first-order valence-corrected chi connectivity index (χ1v) is 12.3. The summed E-state index contributed by atoms with van der Waals surface area (Å²) in [5.74, 6) is 1.03. The van der Waals surface area contributed by atoms with Crippen molar-refractivity contribution in [3.05, 3.63) is 54.1 Å². The smallest absolute Gasteiger partial charge is 0.416 e. The summed E-state index contributed by atoms with van der Waals surface area (Å²) >= 11 is 0. The van der Waals surface area contributed by atoms with Crippen LogP contribution in [0.25, 0.3) is 0 Å². The third-order valence-corrected chi connectivity index (χ3v) is 6.74. The number of hydrogen-bond donors (Lipinski definition) is 2. The predicted octanol–water partition coefficient (Wildman–Crippen LogP) is 3.19. The van der Waals surface area contributed by atoms with Gasteiger partial charge in [0.2, 0.25) is 11.9 Å². The number of anilines is 3. The van der Waals surface area contributed by atoms with E-state index in [0.717, 1.165) is 38.2 Å². The first-order chi connectivity index (χ1) is 17.2. The minimum Gasteiger partial charge on any atom is -0.447 e. The Balaban J connectivity index is 1.39. The molecular weight excluding hydrogens is 458 g/mol. The van der Waals surface area contributed by atoms with Gasteiger partial charge in [0.25, 0.3) is 0 Å². The van der Waals surface area contributed by atoms with Crippen molar-refractivity contribution >= 4 is 29.6 Å². The lowest BCUT2D eigenvalue weighted by Crippen LogP contribution is -2.49. The van der Waals surface area contributed by atoms with Crippen LogP contribution in [-0.4, -0.2) is 70.1 Å². The summed E-state index contributed by atoms with van der Waals surface area (Å²) < 4.78 is 5.19. The molecular formula is C26H35N7O3. The average Bonchev–Trinajstić information content (AvgIpc) is 3.15. The molecule has 2 aromatic rings. The molecule has 36 heavy (non-hydrogen) atoms. The second-order valence-corrected chi connectivity index (χ2v) is 9.76. The fraction of sp³-hybridized carbons (Fsp3) is 0.462. The Labute approximate surface area is 212 Å². The molecule has 10 nitrogen and oxygen atoms in total.